The summed E-state index contributed by atoms with van der Waals surface area (Å²) in [6.45, 7) is -1.32. The molecule has 120 valence electrons. The summed E-state index contributed by atoms with van der Waals surface area (Å²) in [6, 6.07) is 3.15. The molecule has 0 unspecified atom stereocenters. The molecule has 0 aliphatic heterocycles. The highest BCUT2D eigenvalue weighted by molar-refractivity contribution is 7.89. The molecule has 0 saturated carbocycles. The summed E-state index contributed by atoms with van der Waals surface area (Å²) in [5, 5.41) is 9.26. The summed E-state index contributed by atoms with van der Waals surface area (Å²) < 4.78 is 54.4. The van der Waals surface area contributed by atoms with E-state index in [9.17, 15) is 22.3 Å². The van der Waals surface area contributed by atoms with Crippen LogP contribution in [0.2, 0.25) is 5.02 Å². The molecule has 0 fully saturated rings. The predicted octanol–water partition coefficient (Wildman–Crippen LogP) is 2.38. The Labute approximate surface area is 126 Å². The highest BCUT2D eigenvalue weighted by Gasteiger charge is 2.18. The van der Waals surface area contributed by atoms with Crippen LogP contribution in [0.3, 0.4) is 0 Å². The highest BCUT2D eigenvalue weighted by atomic mass is 35.5. The standard InChI is InChI=1S/C12H16ClF2NO4S/c1-2-3-8(17)7-16-21(18,19)9-4-5-11(10(13)6-9)20-12(14)15/h4-6,8,12,16-17H,2-3,7H2,1H3/t8-/m0/s1. The van der Waals surface area contributed by atoms with Crippen molar-refractivity contribution >= 4 is 21.6 Å². The van der Waals surface area contributed by atoms with Crippen LogP contribution in [0.1, 0.15) is 19.8 Å². The quantitative estimate of drug-likeness (QED) is 0.760. The van der Waals surface area contributed by atoms with Gasteiger partial charge in [-0.05, 0) is 24.6 Å². The van der Waals surface area contributed by atoms with Gasteiger partial charge >= 0.3 is 6.61 Å². The van der Waals surface area contributed by atoms with Crippen molar-refractivity contribution in [2.75, 3.05) is 6.54 Å². The number of hydrogen-bond donors (Lipinski definition) is 2. The topological polar surface area (TPSA) is 75.6 Å². The lowest BCUT2D eigenvalue weighted by molar-refractivity contribution is -0.0498. The third kappa shape index (κ3) is 5.74. The van der Waals surface area contributed by atoms with E-state index in [2.05, 4.69) is 9.46 Å². The van der Waals surface area contributed by atoms with E-state index in [1.165, 1.54) is 0 Å². The highest BCUT2D eigenvalue weighted by Crippen LogP contribution is 2.28. The van der Waals surface area contributed by atoms with E-state index >= 15 is 0 Å². The zero-order valence-electron chi connectivity index (χ0n) is 11.2. The molecule has 5 nitrogen and oxygen atoms in total. The summed E-state index contributed by atoms with van der Waals surface area (Å²) in [4.78, 5) is -0.196. The van der Waals surface area contributed by atoms with E-state index in [1.807, 2.05) is 6.92 Å². The van der Waals surface area contributed by atoms with Gasteiger partial charge in [0.2, 0.25) is 10.0 Å². The van der Waals surface area contributed by atoms with Crippen molar-refractivity contribution in [3.8, 4) is 5.75 Å². The number of hydrogen-bond acceptors (Lipinski definition) is 4. The summed E-state index contributed by atoms with van der Waals surface area (Å²) in [6.07, 6.45) is 0.389. The second-order valence-electron chi connectivity index (χ2n) is 4.27. The number of rotatable bonds is 8. The molecule has 0 aromatic heterocycles. The van der Waals surface area contributed by atoms with Gasteiger partial charge < -0.3 is 9.84 Å². The van der Waals surface area contributed by atoms with Crippen molar-refractivity contribution in [3.05, 3.63) is 23.2 Å². The Morgan fingerprint density at radius 3 is 2.62 bits per heavy atom. The molecule has 1 aromatic carbocycles. The van der Waals surface area contributed by atoms with Gasteiger partial charge in [0.25, 0.3) is 0 Å². The lowest BCUT2D eigenvalue weighted by Crippen LogP contribution is -2.32. The van der Waals surface area contributed by atoms with Crippen LogP contribution in [0.4, 0.5) is 8.78 Å². The molecule has 0 aliphatic carbocycles. The monoisotopic (exact) mass is 343 g/mol. The first kappa shape index (κ1) is 18.1. The van der Waals surface area contributed by atoms with Gasteiger partial charge in [0.05, 0.1) is 16.0 Å². The van der Waals surface area contributed by atoms with Crippen LogP contribution in [0.25, 0.3) is 0 Å². The van der Waals surface area contributed by atoms with E-state index < -0.39 is 22.7 Å². The predicted molar refractivity (Wildman–Crippen MR) is 74.2 cm³/mol. The SMILES string of the molecule is CCC[C@H](O)CNS(=O)(=O)c1ccc(OC(F)F)c(Cl)c1. The molecule has 0 aliphatic rings. The largest absolute Gasteiger partial charge is 0.433 e. The van der Waals surface area contributed by atoms with Crippen molar-refractivity contribution in [2.45, 2.75) is 37.4 Å². The van der Waals surface area contributed by atoms with Gasteiger partial charge in [0.15, 0.2) is 0 Å². The molecule has 21 heavy (non-hydrogen) atoms. The maximum Gasteiger partial charge on any atom is 0.387 e. The first-order chi connectivity index (χ1) is 9.76. The Bertz CT molecular complexity index is 568. The Morgan fingerprint density at radius 2 is 2.10 bits per heavy atom. The van der Waals surface area contributed by atoms with Crippen LogP contribution in [-0.4, -0.2) is 32.8 Å². The van der Waals surface area contributed by atoms with Crippen molar-refractivity contribution in [1.29, 1.82) is 0 Å². The second-order valence-corrected chi connectivity index (χ2v) is 6.44. The third-order valence-electron chi connectivity index (χ3n) is 2.56. The Hall–Kier alpha value is -0.960. The van der Waals surface area contributed by atoms with Crippen molar-refractivity contribution in [1.82, 2.24) is 4.72 Å². The fraction of sp³-hybridized carbons (Fsp3) is 0.500. The average molecular weight is 344 g/mol. The van der Waals surface area contributed by atoms with Gasteiger partial charge in [-0.2, -0.15) is 8.78 Å². The Kier molecular flexibility index (Phi) is 6.79. The van der Waals surface area contributed by atoms with E-state index in [0.29, 0.717) is 12.8 Å². The van der Waals surface area contributed by atoms with Gasteiger partial charge in [-0.3, -0.25) is 0 Å². The van der Waals surface area contributed by atoms with Crippen LogP contribution < -0.4 is 9.46 Å². The maximum atomic E-state index is 12.1. The van der Waals surface area contributed by atoms with Gasteiger partial charge in [-0.15, -0.1) is 0 Å². The lowest BCUT2D eigenvalue weighted by Gasteiger charge is -2.12. The number of halogens is 3. The summed E-state index contributed by atoms with van der Waals surface area (Å²) in [5.41, 5.74) is 0. The molecular formula is C12H16ClF2NO4S. The first-order valence-electron chi connectivity index (χ1n) is 6.18. The number of benzene rings is 1. The summed E-state index contributed by atoms with van der Waals surface area (Å²) in [5.74, 6) is -0.309. The second kappa shape index (κ2) is 7.88. The van der Waals surface area contributed by atoms with Gasteiger partial charge in [0, 0.05) is 6.54 Å². The summed E-state index contributed by atoms with van der Waals surface area (Å²) >= 11 is 5.69. The van der Waals surface area contributed by atoms with Gasteiger partial charge in [-0.25, -0.2) is 13.1 Å². The van der Waals surface area contributed by atoms with E-state index in [0.717, 1.165) is 18.2 Å². The minimum atomic E-state index is -3.88. The molecular weight excluding hydrogens is 328 g/mol. The zero-order valence-corrected chi connectivity index (χ0v) is 12.8. The minimum Gasteiger partial charge on any atom is -0.433 e. The van der Waals surface area contributed by atoms with E-state index in [4.69, 9.17) is 11.6 Å². The van der Waals surface area contributed by atoms with Crippen molar-refractivity contribution < 1.29 is 27.0 Å². The van der Waals surface area contributed by atoms with Crippen LogP contribution in [0, 0.1) is 0 Å². The zero-order chi connectivity index (χ0) is 16.0. The Balaban J connectivity index is 2.82. The van der Waals surface area contributed by atoms with Crippen molar-refractivity contribution in [3.63, 3.8) is 0 Å². The van der Waals surface area contributed by atoms with Crippen LogP contribution in [0.5, 0.6) is 5.75 Å². The average Bonchev–Trinajstić information content (AvgIpc) is 2.39. The normalized spacial score (nSPS) is 13.4. The van der Waals surface area contributed by atoms with Gasteiger partial charge in [0.1, 0.15) is 5.75 Å². The summed E-state index contributed by atoms with van der Waals surface area (Å²) in [7, 11) is -3.88. The van der Waals surface area contributed by atoms with Crippen LogP contribution in [0.15, 0.2) is 23.1 Å². The number of nitrogens with one attached hydrogen (secondary N) is 1. The molecule has 1 atom stereocenters. The molecule has 1 rings (SSSR count). The molecule has 0 radical (unpaired) electrons. The molecule has 0 heterocycles. The number of aliphatic hydroxyl groups excluding tert-OH is 1. The fourth-order valence-corrected chi connectivity index (χ4v) is 2.95. The third-order valence-corrected chi connectivity index (χ3v) is 4.28. The minimum absolute atomic E-state index is 0.136. The van der Waals surface area contributed by atoms with Crippen molar-refractivity contribution in [2.24, 2.45) is 0 Å². The molecule has 9 heteroatoms. The molecule has 0 spiro atoms. The van der Waals surface area contributed by atoms with E-state index in [-0.39, 0.29) is 22.2 Å². The first-order valence-corrected chi connectivity index (χ1v) is 8.04. The van der Waals surface area contributed by atoms with Crippen LogP contribution in [-0.2, 0) is 10.0 Å². The number of ether oxygens (including phenoxy) is 1. The van der Waals surface area contributed by atoms with Crippen LogP contribution >= 0.6 is 11.6 Å². The fourth-order valence-electron chi connectivity index (χ4n) is 1.56. The molecule has 0 saturated heterocycles. The number of sulfonamides is 1. The molecule has 2 N–H and O–H groups in total. The Morgan fingerprint density at radius 1 is 1.43 bits per heavy atom. The number of alkyl halides is 2. The molecule has 0 amide bonds. The number of aliphatic hydroxyl groups is 1. The van der Waals surface area contributed by atoms with E-state index in [1.54, 1.807) is 0 Å². The van der Waals surface area contributed by atoms with Gasteiger partial charge in [-0.1, -0.05) is 24.9 Å². The molecule has 0 bridgehead atoms. The lowest BCUT2D eigenvalue weighted by atomic mass is 10.2. The molecule has 1 aromatic rings. The maximum absolute atomic E-state index is 12.1. The smallest absolute Gasteiger partial charge is 0.387 e.